The van der Waals surface area contributed by atoms with E-state index in [9.17, 15) is 9.59 Å². The second-order valence-electron chi connectivity index (χ2n) is 7.51. The number of aromatic amines is 1. The van der Waals surface area contributed by atoms with Crippen molar-refractivity contribution in [2.75, 3.05) is 12.3 Å². The molecule has 1 aromatic carbocycles. The third-order valence-corrected chi connectivity index (χ3v) is 8.43. The number of H-pyrrole nitrogens is 1. The lowest BCUT2D eigenvalue weighted by Gasteiger charge is -2.18. The number of benzene rings is 1. The zero-order valence-electron chi connectivity index (χ0n) is 16.2. The third-order valence-electron chi connectivity index (χ3n) is 5.42. The number of fused-ring (bicyclic) bond motifs is 1. The number of nitrogens with two attached hydrogens (primary N) is 1. The highest BCUT2D eigenvalue weighted by Gasteiger charge is 2.33. The van der Waals surface area contributed by atoms with Crippen molar-refractivity contribution in [2.24, 2.45) is 5.73 Å². The van der Waals surface area contributed by atoms with Crippen LogP contribution in [0.15, 0.2) is 18.2 Å². The van der Waals surface area contributed by atoms with Gasteiger partial charge in [-0.05, 0) is 44.4 Å². The number of carbonyl (C=O) groups excluding carboxylic acids is 2. The average molecular weight is 435 g/mol. The minimum atomic E-state index is -0.509. The molecule has 0 bridgehead atoms. The molecular weight excluding hydrogens is 408 g/mol. The number of unbranched alkanes of at least 4 members (excludes halogenated alkanes) is 1. The van der Waals surface area contributed by atoms with Crippen molar-refractivity contribution in [2.45, 2.75) is 55.9 Å². The van der Waals surface area contributed by atoms with Crippen molar-refractivity contribution in [3.8, 4) is 0 Å². The molecule has 2 aliphatic heterocycles. The molecule has 4 N–H and O–H groups in total. The highest BCUT2D eigenvalue weighted by molar-refractivity contribution is 8.77. The predicted molar refractivity (Wildman–Crippen MR) is 117 cm³/mol. The SMILES string of the molecule is NC(=O)c1cccc2[nH]c(C3NCCC3OC(=O)CCCCC3CCSS3)nc12. The number of hydrogen-bond acceptors (Lipinski definition) is 7. The van der Waals surface area contributed by atoms with Gasteiger partial charge in [0.05, 0.1) is 11.1 Å². The van der Waals surface area contributed by atoms with Crippen molar-refractivity contribution in [3.63, 3.8) is 0 Å². The van der Waals surface area contributed by atoms with E-state index < -0.39 is 5.91 Å². The van der Waals surface area contributed by atoms with Gasteiger partial charge in [0, 0.05) is 17.4 Å². The number of rotatable bonds is 8. The quantitative estimate of drug-likeness (QED) is 0.332. The molecule has 0 saturated carbocycles. The summed E-state index contributed by atoms with van der Waals surface area (Å²) < 4.78 is 5.76. The van der Waals surface area contributed by atoms with E-state index in [1.807, 2.05) is 27.7 Å². The van der Waals surface area contributed by atoms with Gasteiger partial charge in [0.15, 0.2) is 0 Å². The van der Waals surface area contributed by atoms with E-state index in [0.717, 1.165) is 36.6 Å². The summed E-state index contributed by atoms with van der Waals surface area (Å²) in [5.41, 5.74) is 7.14. The maximum Gasteiger partial charge on any atom is 0.306 e. The molecule has 2 aliphatic rings. The highest BCUT2D eigenvalue weighted by Crippen LogP contribution is 2.40. The van der Waals surface area contributed by atoms with Gasteiger partial charge in [-0.1, -0.05) is 34.1 Å². The number of ether oxygens (including phenoxy) is 1. The van der Waals surface area contributed by atoms with Crippen LogP contribution in [-0.2, 0) is 9.53 Å². The van der Waals surface area contributed by atoms with Crippen LogP contribution in [0, 0.1) is 0 Å². The van der Waals surface area contributed by atoms with Gasteiger partial charge >= 0.3 is 5.97 Å². The Balaban J connectivity index is 1.34. The van der Waals surface area contributed by atoms with Crippen molar-refractivity contribution in [1.29, 1.82) is 0 Å². The van der Waals surface area contributed by atoms with Crippen molar-refractivity contribution >= 4 is 44.5 Å². The Morgan fingerprint density at radius 2 is 2.17 bits per heavy atom. The number of imidazole rings is 1. The van der Waals surface area contributed by atoms with Gasteiger partial charge in [-0.15, -0.1) is 0 Å². The van der Waals surface area contributed by atoms with E-state index in [-0.39, 0.29) is 18.1 Å². The number of primary amides is 1. The first kappa shape index (κ1) is 20.6. The van der Waals surface area contributed by atoms with Crippen LogP contribution in [0.4, 0.5) is 0 Å². The van der Waals surface area contributed by atoms with Gasteiger partial charge in [-0.3, -0.25) is 9.59 Å². The Labute approximate surface area is 177 Å². The van der Waals surface area contributed by atoms with Crippen molar-refractivity contribution in [1.82, 2.24) is 15.3 Å². The number of carbonyl (C=O) groups is 2. The smallest absolute Gasteiger partial charge is 0.306 e. The number of hydrogen-bond donors (Lipinski definition) is 3. The van der Waals surface area contributed by atoms with Crippen molar-refractivity contribution in [3.05, 3.63) is 29.6 Å². The van der Waals surface area contributed by atoms with E-state index in [4.69, 9.17) is 10.5 Å². The molecule has 1 aromatic heterocycles. The molecule has 9 heteroatoms. The first-order valence-electron chi connectivity index (χ1n) is 10.1. The largest absolute Gasteiger partial charge is 0.460 e. The molecule has 3 atom stereocenters. The number of aromatic nitrogens is 2. The number of para-hydroxylation sites is 1. The van der Waals surface area contributed by atoms with Crippen LogP contribution in [0.2, 0.25) is 0 Å². The van der Waals surface area contributed by atoms with Gasteiger partial charge < -0.3 is 20.8 Å². The van der Waals surface area contributed by atoms with Gasteiger partial charge in [0.25, 0.3) is 5.91 Å². The minimum Gasteiger partial charge on any atom is -0.460 e. The summed E-state index contributed by atoms with van der Waals surface area (Å²) in [6.45, 7) is 0.749. The molecule has 0 aliphatic carbocycles. The number of amides is 1. The summed E-state index contributed by atoms with van der Waals surface area (Å²) in [6.07, 6.45) is 5.34. The Morgan fingerprint density at radius 1 is 1.28 bits per heavy atom. The van der Waals surface area contributed by atoms with Gasteiger partial charge in [-0.25, -0.2) is 4.98 Å². The lowest BCUT2D eigenvalue weighted by Crippen LogP contribution is -2.27. The number of nitrogens with one attached hydrogen (secondary N) is 2. The zero-order chi connectivity index (χ0) is 20.2. The summed E-state index contributed by atoms with van der Waals surface area (Å²) >= 11 is 0. The molecule has 2 saturated heterocycles. The minimum absolute atomic E-state index is 0.147. The molecule has 7 nitrogen and oxygen atoms in total. The van der Waals surface area contributed by atoms with E-state index in [2.05, 4.69) is 15.3 Å². The lowest BCUT2D eigenvalue weighted by molar-refractivity contribution is -0.149. The van der Waals surface area contributed by atoms with Crippen molar-refractivity contribution < 1.29 is 14.3 Å². The summed E-state index contributed by atoms with van der Waals surface area (Å²) in [5, 5.41) is 4.10. The summed E-state index contributed by atoms with van der Waals surface area (Å²) in [4.78, 5) is 31.8. The van der Waals surface area contributed by atoms with Crippen LogP contribution in [0.3, 0.4) is 0 Å². The molecule has 1 amide bonds. The zero-order valence-corrected chi connectivity index (χ0v) is 17.8. The van der Waals surface area contributed by atoms with Gasteiger partial charge in [0.2, 0.25) is 0 Å². The second-order valence-corrected chi connectivity index (χ2v) is 10.3. The van der Waals surface area contributed by atoms with Gasteiger partial charge in [-0.2, -0.15) is 0 Å². The molecule has 0 radical (unpaired) electrons. The van der Waals surface area contributed by atoms with Crippen LogP contribution in [0.1, 0.15) is 60.7 Å². The monoisotopic (exact) mass is 434 g/mol. The van der Waals surface area contributed by atoms with E-state index >= 15 is 0 Å². The molecule has 0 spiro atoms. The fraction of sp³-hybridized carbons (Fsp3) is 0.550. The fourth-order valence-corrected chi connectivity index (χ4v) is 6.94. The molecule has 2 fully saturated rings. The Hall–Kier alpha value is -1.71. The number of esters is 1. The molecule has 156 valence electrons. The maximum atomic E-state index is 12.3. The Bertz CT molecular complexity index is 882. The molecule has 3 unspecified atom stereocenters. The first-order valence-corrected chi connectivity index (χ1v) is 12.5. The first-order chi connectivity index (χ1) is 14.1. The third kappa shape index (κ3) is 4.90. The molecule has 4 rings (SSSR count). The normalized spacial score (nSPS) is 24.2. The highest BCUT2D eigenvalue weighted by atomic mass is 33.1. The Kier molecular flexibility index (Phi) is 6.67. The maximum absolute atomic E-state index is 12.3. The predicted octanol–water partition coefficient (Wildman–Crippen LogP) is 3.32. The number of nitrogens with zero attached hydrogens (tertiary/aromatic N) is 1. The second kappa shape index (κ2) is 9.40. The van der Waals surface area contributed by atoms with Gasteiger partial charge in [0.1, 0.15) is 23.5 Å². The topological polar surface area (TPSA) is 110 Å². The average Bonchev–Trinajstić information content (AvgIpc) is 3.44. The van der Waals surface area contributed by atoms with Crippen LogP contribution in [-0.4, -0.2) is 45.5 Å². The molecular formula is C20H26N4O3S2. The lowest BCUT2D eigenvalue weighted by atomic mass is 10.1. The standard InChI is InChI=1S/C20H26N4O3S2/c21-19(26)13-5-3-6-14-17(13)24-20(23-14)18-15(8-10-22-18)27-16(25)7-2-1-4-12-9-11-28-29-12/h3,5-6,12,15,18,22H,1-2,4,7-11H2,(H2,21,26)(H,23,24). The Morgan fingerprint density at radius 3 is 2.97 bits per heavy atom. The summed E-state index contributed by atoms with van der Waals surface area (Å²) in [7, 11) is 3.94. The molecule has 3 heterocycles. The molecule has 29 heavy (non-hydrogen) atoms. The summed E-state index contributed by atoms with van der Waals surface area (Å²) in [6, 6.07) is 5.08. The van der Waals surface area contributed by atoms with Crippen LogP contribution in [0.25, 0.3) is 11.0 Å². The fourth-order valence-electron chi connectivity index (χ4n) is 3.91. The van der Waals surface area contributed by atoms with E-state index in [1.54, 1.807) is 12.1 Å². The van der Waals surface area contributed by atoms with E-state index in [0.29, 0.717) is 23.3 Å². The van der Waals surface area contributed by atoms with Crippen LogP contribution >= 0.6 is 21.6 Å². The van der Waals surface area contributed by atoms with Crippen LogP contribution < -0.4 is 11.1 Å². The summed E-state index contributed by atoms with van der Waals surface area (Å²) in [5.74, 6) is 1.26. The van der Waals surface area contributed by atoms with E-state index in [1.165, 1.54) is 18.6 Å². The molecule has 2 aromatic rings. The van der Waals surface area contributed by atoms with Crippen LogP contribution in [0.5, 0.6) is 0 Å².